The van der Waals surface area contributed by atoms with Crippen LogP contribution in [0.3, 0.4) is 0 Å². The predicted molar refractivity (Wildman–Crippen MR) is 85.2 cm³/mol. The van der Waals surface area contributed by atoms with E-state index < -0.39 is 0 Å². The van der Waals surface area contributed by atoms with Crippen LogP contribution in [0, 0.1) is 0 Å². The van der Waals surface area contributed by atoms with E-state index in [9.17, 15) is 0 Å². The molecule has 0 bridgehead atoms. The summed E-state index contributed by atoms with van der Waals surface area (Å²) in [6.07, 6.45) is 3.85. The maximum absolute atomic E-state index is 9.06. The van der Waals surface area contributed by atoms with Gasteiger partial charge in [0.15, 0.2) is 0 Å². The third-order valence-corrected chi connectivity index (χ3v) is 5.23. The molecular formula is C18H20OS. The summed E-state index contributed by atoms with van der Waals surface area (Å²) in [7, 11) is 0. The van der Waals surface area contributed by atoms with Crippen molar-refractivity contribution in [3.63, 3.8) is 0 Å². The fourth-order valence-corrected chi connectivity index (χ4v) is 3.98. The van der Waals surface area contributed by atoms with Crippen LogP contribution in [0.1, 0.15) is 35.4 Å². The number of rotatable bonds is 4. The molecule has 104 valence electrons. The average Bonchev–Trinajstić information content (AvgIpc) is 2.53. The Morgan fingerprint density at radius 3 is 2.65 bits per heavy atom. The van der Waals surface area contributed by atoms with Crippen molar-refractivity contribution in [1.82, 2.24) is 0 Å². The van der Waals surface area contributed by atoms with Gasteiger partial charge in [0, 0.05) is 10.6 Å². The van der Waals surface area contributed by atoms with Crippen LogP contribution in [0.15, 0.2) is 53.4 Å². The minimum Gasteiger partial charge on any atom is -0.392 e. The highest BCUT2D eigenvalue weighted by molar-refractivity contribution is 7.99. The lowest BCUT2D eigenvalue weighted by Gasteiger charge is -2.25. The fourth-order valence-electron chi connectivity index (χ4n) is 2.92. The van der Waals surface area contributed by atoms with E-state index in [-0.39, 0.29) is 6.61 Å². The van der Waals surface area contributed by atoms with Crippen LogP contribution < -0.4 is 0 Å². The van der Waals surface area contributed by atoms with Crippen molar-refractivity contribution in [1.29, 1.82) is 0 Å². The van der Waals surface area contributed by atoms with Gasteiger partial charge in [-0.1, -0.05) is 36.4 Å². The van der Waals surface area contributed by atoms with Crippen molar-refractivity contribution in [3.8, 4) is 0 Å². The smallest absolute Gasteiger partial charge is 0.0681 e. The van der Waals surface area contributed by atoms with Gasteiger partial charge in [-0.2, -0.15) is 0 Å². The molecular weight excluding hydrogens is 264 g/mol. The van der Waals surface area contributed by atoms with Crippen LogP contribution in [0.4, 0.5) is 0 Å². The van der Waals surface area contributed by atoms with E-state index in [1.807, 2.05) is 23.9 Å². The van der Waals surface area contributed by atoms with E-state index in [1.54, 1.807) is 11.1 Å². The van der Waals surface area contributed by atoms with Gasteiger partial charge < -0.3 is 5.11 Å². The Kier molecular flexibility index (Phi) is 4.44. The second-order valence-corrected chi connectivity index (χ2v) is 6.49. The Bertz CT molecular complexity index is 562. The summed E-state index contributed by atoms with van der Waals surface area (Å²) >= 11 is 1.93. The first-order valence-electron chi connectivity index (χ1n) is 7.27. The van der Waals surface area contributed by atoms with Crippen molar-refractivity contribution in [2.75, 3.05) is 5.75 Å². The molecule has 1 unspecified atom stereocenters. The molecule has 0 saturated carbocycles. The Labute approximate surface area is 125 Å². The second-order valence-electron chi connectivity index (χ2n) is 5.40. The molecule has 1 N–H and O–H groups in total. The number of hydrogen-bond acceptors (Lipinski definition) is 2. The number of fused-ring (bicyclic) bond motifs is 1. The first kappa shape index (κ1) is 13.7. The third-order valence-electron chi connectivity index (χ3n) is 4.05. The maximum atomic E-state index is 9.06. The van der Waals surface area contributed by atoms with Crippen molar-refractivity contribution in [3.05, 3.63) is 65.2 Å². The zero-order valence-electron chi connectivity index (χ0n) is 11.6. The zero-order chi connectivity index (χ0) is 13.8. The van der Waals surface area contributed by atoms with E-state index in [2.05, 4.69) is 36.4 Å². The zero-order valence-corrected chi connectivity index (χ0v) is 12.4. The van der Waals surface area contributed by atoms with Gasteiger partial charge in [0.1, 0.15) is 0 Å². The molecule has 0 saturated heterocycles. The molecule has 20 heavy (non-hydrogen) atoms. The average molecular weight is 284 g/mol. The standard InChI is InChI=1S/C18H20OS/c19-12-14-8-10-17(11-9-14)20-13-16-6-3-5-15-4-1-2-7-18(15)16/h1-2,4,7-11,16,19H,3,5-6,12-13H2. The molecule has 3 rings (SSSR count). The number of hydrogen-bond donors (Lipinski definition) is 1. The fraction of sp³-hybridized carbons (Fsp3) is 0.333. The van der Waals surface area contributed by atoms with Gasteiger partial charge in [0.25, 0.3) is 0 Å². The van der Waals surface area contributed by atoms with Crippen molar-refractivity contribution < 1.29 is 5.11 Å². The van der Waals surface area contributed by atoms with Gasteiger partial charge in [0.05, 0.1) is 6.61 Å². The molecule has 0 heterocycles. The highest BCUT2D eigenvalue weighted by Crippen LogP contribution is 2.35. The van der Waals surface area contributed by atoms with E-state index in [0.29, 0.717) is 5.92 Å². The van der Waals surface area contributed by atoms with Crippen LogP contribution in [-0.4, -0.2) is 10.9 Å². The highest BCUT2D eigenvalue weighted by Gasteiger charge is 2.19. The van der Waals surface area contributed by atoms with Gasteiger partial charge in [-0.3, -0.25) is 0 Å². The monoisotopic (exact) mass is 284 g/mol. The summed E-state index contributed by atoms with van der Waals surface area (Å²) < 4.78 is 0. The van der Waals surface area contributed by atoms with Crippen LogP contribution in [0.2, 0.25) is 0 Å². The summed E-state index contributed by atoms with van der Waals surface area (Å²) in [5.41, 5.74) is 4.08. The van der Waals surface area contributed by atoms with E-state index in [1.165, 1.54) is 24.2 Å². The van der Waals surface area contributed by atoms with Gasteiger partial charge in [-0.15, -0.1) is 11.8 Å². The number of benzene rings is 2. The van der Waals surface area contributed by atoms with Crippen LogP contribution in [0.5, 0.6) is 0 Å². The van der Waals surface area contributed by atoms with E-state index >= 15 is 0 Å². The SMILES string of the molecule is OCc1ccc(SCC2CCCc3ccccc32)cc1. The van der Waals surface area contributed by atoms with Crippen LogP contribution >= 0.6 is 11.8 Å². The summed E-state index contributed by atoms with van der Waals surface area (Å²) in [6, 6.07) is 17.2. The minimum absolute atomic E-state index is 0.126. The lowest BCUT2D eigenvalue weighted by molar-refractivity contribution is 0.282. The summed E-state index contributed by atoms with van der Waals surface area (Å²) in [5.74, 6) is 1.83. The molecule has 1 aliphatic carbocycles. The number of aryl methyl sites for hydroxylation is 1. The molecule has 1 atom stereocenters. The topological polar surface area (TPSA) is 20.2 Å². The molecule has 0 fully saturated rings. The van der Waals surface area contributed by atoms with Crippen molar-refractivity contribution >= 4 is 11.8 Å². The first-order valence-corrected chi connectivity index (χ1v) is 8.26. The molecule has 0 radical (unpaired) electrons. The molecule has 2 aromatic rings. The summed E-state index contributed by atoms with van der Waals surface area (Å²) in [5, 5.41) is 9.06. The highest BCUT2D eigenvalue weighted by atomic mass is 32.2. The van der Waals surface area contributed by atoms with Crippen molar-refractivity contribution in [2.24, 2.45) is 0 Å². The van der Waals surface area contributed by atoms with E-state index in [4.69, 9.17) is 5.11 Å². The summed E-state index contributed by atoms with van der Waals surface area (Å²) in [4.78, 5) is 1.30. The van der Waals surface area contributed by atoms with Gasteiger partial charge in [-0.05, 0) is 54.0 Å². The Hall–Kier alpha value is -1.25. The lowest BCUT2D eigenvalue weighted by atomic mass is 9.84. The van der Waals surface area contributed by atoms with Gasteiger partial charge in [0.2, 0.25) is 0 Å². The lowest BCUT2D eigenvalue weighted by Crippen LogP contribution is -2.11. The van der Waals surface area contributed by atoms with Crippen LogP contribution in [-0.2, 0) is 13.0 Å². The summed E-state index contributed by atoms with van der Waals surface area (Å²) in [6.45, 7) is 0.126. The number of aliphatic hydroxyl groups excluding tert-OH is 1. The first-order chi connectivity index (χ1) is 9.86. The Morgan fingerprint density at radius 2 is 1.85 bits per heavy atom. The van der Waals surface area contributed by atoms with Gasteiger partial charge in [-0.25, -0.2) is 0 Å². The Balaban J connectivity index is 1.66. The Morgan fingerprint density at radius 1 is 1.05 bits per heavy atom. The quantitative estimate of drug-likeness (QED) is 0.840. The second kappa shape index (κ2) is 6.47. The predicted octanol–water partition coefficient (Wildman–Crippen LogP) is 4.39. The van der Waals surface area contributed by atoms with Crippen LogP contribution in [0.25, 0.3) is 0 Å². The molecule has 0 amide bonds. The largest absolute Gasteiger partial charge is 0.392 e. The van der Waals surface area contributed by atoms with Crippen molar-refractivity contribution in [2.45, 2.75) is 36.7 Å². The number of thioether (sulfide) groups is 1. The molecule has 1 nitrogen and oxygen atoms in total. The molecule has 2 aromatic carbocycles. The van der Waals surface area contributed by atoms with Gasteiger partial charge >= 0.3 is 0 Å². The van der Waals surface area contributed by atoms with E-state index in [0.717, 1.165) is 11.3 Å². The molecule has 0 aromatic heterocycles. The molecule has 1 aliphatic rings. The molecule has 0 aliphatic heterocycles. The minimum atomic E-state index is 0.126. The normalized spacial score (nSPS) is 17.8. The number of aliphatic hydroxyl groups is 1. The maximum Gasteiger partial charge on any atom is 0.0681 e. The molecule has 0 spiro atoms. The molecule has 2 heteroatoms. The third kappa shape index (κ3) is 3.08.